The van der Waals surface area contributed by atoms with E-state index in [1.807, 2.05) is 0 Å². The molecule has 2 aromatic rings. The van der Waals surface area contributed by atoms with Crippen molar-refractivity contribution in [3.63, 3.8) is 0 Å². The largest absolute Gasteiger partial charge is 0.481 e. The molecule has 2 atom stereocenters. The Bertz CT molecular complexity index is 883. The molecule has 3 heterocycles. The molecule has 0 saturated carbocycles. The number of hydrogen-bond donors (Lipinski definition) is 2. The molecule has 0 bridgehead atoms. The molecule has 160 valence electrons. The van der Waals surface area contributed by atoms with Crippen LogP contribution in [0.2, 0.25) is 0 Å². The number of Topliss-reactive ketones (excluding diaryl/α,β-unsaturated/α-hetero) is 1. The van der Waals surface area contributed by atoms with Gasteiger partial charge in [-0.25, -0.2) is 15.0 Å². The van der Waals surface area contributed by atoms with E-state index in [1.54, 1.807) is 19.3 Å². The van der Waals surface area contributed by atoms with Gasteiger partial charge in [-0.2, -0.15) is 0 Å². The lowest BCUT2D eigenvalue weighted by atomic mass is 9.91. The number of unbranched alkanes of at least 4 members (excludes halogenated alkanes) is 1. The highest BCUT2D eigenvalue weighted by Crippen LogP contribution is 2.25. The smallest absolute Gasteiger partial charge is 0.303 e. The maximum atomic E-state index is 12.4. The summed E-state index contributed by atoms with van der Waals surface area (Å²) in [6.45, 7) is 4.96. The number of nitrogens with one attached hydrogen (secondary N) is 1. The standard InChI is InChI=1S/C23H30N4O3/c1-15-9-17-7-8-20(27-23(17)26-12-15)5-3-4-6-21(28)10-18(11-22(29)30)19-13-24-16(2)25-14-19/h7-8,13-15,18H,3-6,9-12H2,1-2H3,(H,26,27)(H,29,30). The molecule has 0 spiro atoms. The summed E-state index contributed by atoms with van der Waals surface area (Å²) in [7, 11) is 0. The molecule has 0 aromatic carbocycles. The van der Waals surface area contributed by atoms with Crippen LogP contribution in [0.3, 0.4) is 0 Å². The van der Waals surface area contributed by atoms with Crippen molar-refractivity contribution in [2.45, 2.75) is 64.7 Å². The quantitative estimate of drug-likeness (QED) is 0.575. The average molecular weight is 411 g/mol. The van der Waals surface area contributed by atoms with Crippen LogP contribution in [0.5, 0.6) is 0 Å². The zero-order valence-corrected chi connectivity index (χ0v) is 17.7. The van der Waals surface area contributed by atoms with Gasteiger partial charge in [-0.1, -0.05) is 13.0 Å². The molecule has 0 radical (unpaired) electrons. The molecular formula is C23H30N4O3. The molecular weight excluding hydrogens is 380 g/mol. The predicted octanol–water partition coefficient (Wildman–Crippen LogP) is 3.71. The Hall–Kier alpha value is -2.83. The lowest BCUT2D eigenvalue weighted by molar-refractivity contribution is -0.137. The van der Waals surface area contributed by atoms with Crippen LogP contribution in [0.1, 0.15) is 67.6 Å². The van der Waals surface area contributed by atoms with Crippen molar-refractivity contribution in [3.05, 3.63) is 47.2 Å². The fourth-order valence-electron chi connectivity index (χ4n) is 3.84. The lowest BCUT2D eigenvalue weighted by Crippen LogP contribution is -2.21. The van der Waals surface area contributed by atoms with Gasteiger partial charge in [0.1, 0.15) is 17.4 Å². The molecule has 1 aliphatic rings. The number of aryl methyl sites for hydroxylation is 2. The van der Waals surface area contributed by atoms with Crippen LogP contribution in [0, 0.1) is 12.8 Å². The summed E-state index contributed by atoms with van der Waals surface area (Å²) in [6, 6.07) is 4.24. The van der Waals surface area contributed by atoms with Crippen LogP contribution in [0.15, 0.2) is 24.5 Å². The third-order valence-corrected chi connectivity index (χ3v) is 5.53. The molecule has 2 aromatic heterocycles. The van der Waals surface area contributed by atoms with Gasteiger partial charge in [-0.05, 0) is 55.7 Å². The van der Waals surface area contributed by atoms with Gasteiger partial charge in [0, 0.05) is 43.4 Å². The SMILES string of the molecule is Cc1ncc(C(CC(=O)O)CC(=O)CCCCc2ccc3c(n2)NCC(C)C3)cn1. The maximum absolute atomic E-state index is 12.4. The van der Waals surface area contributed by atoms with E-state index in [4.69, 9.17) is 4.98 Å². The first-order chi connectivity index (χ1) is 14.4. The number of carboxylic acid groups (broad SMARTS) is 1. The first kappa shape index (κ1) is 21.9. The van der Waals surface area contributed by atoms with Crippen LogP contribution < -0.4 is 5.32 Å². The topological polar surface area (TPSA) is 105 Å². The fraction of sp³-hybridized carbons (Fsp3) is 0.522. The lowest BCUT2D eigenvalue weighted by Gasteiger charge is -2.22. The Morgan fingerprint density at radius 1 is 1.20 bits per heavy atom. The number of pyridine rings is 1. The monoisotopic (exact) mass is 410 g/mol. The molecule has 0 aliphatic carbocycles. The molecule has 7 heteroatoms. The van der Waals surface area contributed by atoms with Gasteiger partial charge >= 0.3 is 5.97 Å². The second kappa shape index (κ2) is 10.3. The van der Waals surface area contributed by atoms with Crippen molar-refractivity contribution < 1.29 is 14.7 Å². The number of nitrogens with zero attached hydrogens (tertiary/aromatic N) is 3. The number of ketones is 1. The van der Waals surface area contributed by atoms with Gasteiger partial charge in [-0.15, -0.1) is 0 Å². The molecule has 3 rings (SSSR count). The number of anilines is 1. The second-order valence-corrected chi connectivity index (χ2v) is 8.31. The Morgan fingerprint density at radius 2 is 1.97 bits per heavy atom. The molecule has 1 aliphatic heterocycles. The van der Waals surface area contributed by atoms with E-state index < -0.39 is 5.97 Å². The van der Waals surface area contributed by atoms with Gasteiger partial charge in [0.15, 0.2) is 0 Å². The van der Waals surface area contributed by atoms with Gasteiger partial charge in [-0.3, -0.25) is 9.59 Å². The number of hydrogen-bond acceptors (Lipinski definition) is 6. The summed E-state index contributed by atoms with van der Waals surface area (Å²) >= 11 is 0. The molecule has 2 N–H and O–H groups in total. The van der Waals surface area contributed by atoms with Crippen molar-refractivity contribution in [3.8, 4) is 0 Å². The van der Waals surface area contributed by atoms with Crippen LogP contribution in [-0.4, -0.2) is 38.4 Å². The highest BCUT2D eigenvalue weighted by atomic mass is 16.4. The number of aliphatic carboxylic acids is 1. The highest BCUT2D eigenvalue weighted by molar-refractivity contribution is 5.80. The Balaban J connectivity index is 1.46. The number of carboxylic acids is 1. The Morgan fingerprint density at radius 3 is 2.70 bits per heavy atom. The van der Waals surface area contributed by atoms with Gasteiger partial charge in [0.2, 0.25) is 0 Å². The van der Waals surface area contributed by atoms with Crippen molar-refractivity contribution in [1.29, 1.82) is 0 Å². The predicted molar refractivity (Wildman–Crippen MR) is 115 cm³/mol. The van der Waals surface area contributed by atoms with Crippen LogP contribution in [0.4, 0.5) is 5.82 Å². The van der Waals surface area contributed by atoms with Crippen molar-refractivity contribution >= 4 is 17.6 Å². The molecule has 0 amide bonds. The number of fused-ring (bicyclic) bond motifs is 1. The van der Waals surface area contributed by atoms with E-state index in [1.165, 1.54) is 5.56 Å². The average Bonchev–Trinajstić information content (AvgIpc) is 2.71. The summed E-state index contributed by atoms with van der Waals surface area (Å²) in [5, 5.41) is 12.6. The summed E-state index contributed by atoms with van der Waals surface area (Å²) in [4.78, 5) is 36.6. The van der Waals surface area contributed by atoms with Gasteiger partial charge in [0.25, 0.3) is 0 Å². The first-order valence-corrected chi connectivity index (χ1v) is 10.7. The Kier molecular flexibility index (Phi) is 7.49. The minimum atomic E-state index is -0.921. The minimum Gasteiger partial charge on any atom is -0.481 e. The molecule has 7 nitrogen and oxygen atoms in total. The van der Waals surface area contributed by atoms with Crippen molar-refractivity contribution in [2.24, 2.45) is 5.92 Å². The minimum absolute atomic E-state index is 0.0795. The van der Waals surface area contributed by atoms with Crippen LogP contribution >= 0.6 is 0 Å². The Labute approximate surface area is 177 Å². The van der Waals surface area contributed by atoms with Gasteiger partial charge < -0.3 is 10.4 Å². The number of rotatable bonds is 10. The van der Waals surface area contributed by atoms with Crippen molar-refractivity contribution in [1.82, 2.24) is 15.0 Å². The molecule has 0 fully saturated rings. The number of carbonyl (C=O) groups excluding carboxylic acids is 1. The van der Waals surface area contributed by atoms with Crippen LogP contribution in [0.25, 0.3) is 0 Å². The number of carbonyl (C=O) groups is 2. The second-order valence-electron chi connectivity index (χ2n) is 8.31. The zero-order valence-electron chi connectivity index (χ0n) is 17.7. The first-order valence-electron chi connectivity index (χ1n) is 10.7. The molecule has 0 saturated heterocycles. The van der Waals surface area contributed by atoms with Crippen molar-refractivity contribution in [2.75, 3.05) is 11.9 Å². The zero-order chi connectivity index (χ0) is 21.5. The van der Waals surface area contributed by atoms with Gasteiger partial charge in [0.05, 0.1) is 6.42 Å². The van der Waals surface area contributed by atoms with E-state index in [2.05, 4.69) is 34.3 Å². The van der Waals surface area contributed by atoms with E-state index in [9.17, 15) is 14.7 Å². The molecule has 30 heavy (non-hydrogen) atoms. The van der Waals surface area contributed by atoms with Crippen LogP contribution in [-0.2, 0) is 22.4 Å². The summed E-state index contributed by atoms with van der Waals surface area (Å²) in [5.41, 5.74) is 3.03. The molecule has 2 unspecified atom stereocenters. The number of aromatic nitrogens is 3. The summed E-state index contributed by atoms with van der Waals surface area (Å²) < 4.78 is 0. The maximum Gasteiger partial charge on any atom is 0.303 e. The van der Waals surface area contributed by atoms with E-state index in [0.717, 1.165) is 43.7 Å². The normalized spacial score (nSPS) is 16.4. The van der Waals surface area contributed by atoms with E-state index >= 15 is 0 Å². The third kappa shape index (κ3) is 6.34. The highest BCUT2D eigenvalue weighted by Gasteiger charge is 2.20. The fourth-order valence-corrected chi connectivity index (χ4v) is 3.84. The summed E-state index contributed by atoms with van der Waals surface area (Å²) in [6.07, 6.45) is 7.36. The van der Waals surface area contributed by atoms with E-state index in [-0.39, 0.29) is 24.5 Å². The third-order valence-electron chi connectivity index (χ3n) is 5.53. The van der Waals surface area contributed by atoms with E-state index in [0.29, 0.717) is 23.7 Å². The summed E-state index contributed by atoms with van der Waals surface area (Å²) in [5.74, 6) is 1.03.